The van der Waals surface area contributed by atoms with Crippen LogP contribution in [0.5, 0.6) is 0 Å². The van der Waals surface area contributed by atoms with Crippen molar-refractivity contribution in [2.75, 3.05) is 52.9 Å². The van der Waals surface area contributed by atoms with Crippen molar-refractivity contribution in [2.24, 2.45) is 10.8 Å². The molecule has 0 aliphatic rings. The Bertz CT molecular complexity index is 1050. The molecule has 13 nitrogen and oxygen atoms in total. The average Bonchev–Trinajstić information content (AvgIpc) is 2.97. The molecule has 19 heteroatoms. The van der Waals surface area contributed by atoms with Crippen molar-refractivity contribution in [3.8, 4) is 0 Å². The third-order valence-corrected chi connectivity index (χ3v) is 8.73. The molecular weight excluding hydrogens is 1100 g/mol. The fourth-order valence-corrected chi connectivity index (χ4v) is 4.01. The number of carbonyl (C=O) groups excluding carboxylic acids is 6. The Hall–Kier alpha value is -0.340. The van der Waals surface area contributed by atoms with Crippen molar-refractivity contribution in [1.82, 2.24) is 0 Å². The second kappa shape index (κ2) is 20.4. The molecule has 0 amide bonds. The summed E-state index contributed by atoms with van der Waals surface area (Å²) in [7, 11) is 0. The molecule has 0 saturated heterocycles. The van der Waals surface area contributed by atoms with Gasteiger partial charge < -0.3 is 33.2 Å². The van der Waals surface area contributed by atoms with Crippen LogP contribution in [0.2, 0.25) is 0 Å². The van der Waals surface area contributed by atoms with Crippen molar-refractivity contribution in [2.45, 2.75) is 109 Å². The summed E-state index contributed by atoms with van der Waals surface area (Å²) in [4.78, 5) is 77.6. The molecule has 0 fully saturated rings. The molecule has 0 aromatic carbocycles. The number of carbonyl (C=O) groups is 6. The molecule has 308 valence electrons. The third-order valence-electron chi connectivity index (χ3n) is 6.79. The molecule has 0 rings (SSSR count). The van der Waals surface area contributed by atoms with Crippen LogP contribution in [-0.2, 0) is 61.9 Å². The molecule has 0 radical (unpaired) electrons. The van der Waals surface area contributed by atoms with Crippen molar-refractivity contribution in [1.29, 1.82) is 0 Å². The number of halogens is 6. The maximum Gasteiger partial charge on any atom is 0.322 e. The van der Waals surface area contributed by atoms with E-state index in [1.165, 1.54) is 0 Å². The molecule has 0 aliphatic heterocycles. The zero-order chi connectivity index (χ0) is 42.1. The minimum atomic E-state index is -1.51. The van der Waals surface area contributed by atoms with Gasteiger partial charge in [0.25, 0.3) is 0 Å². The fourth-order valence-electron chi connectivity index (χ4n) is 3.33. The number of hydrogen-bond donors (Lipinski definition) is 0. The van der Waals surface area contributed by atoms with Crippen LogP contribution < -0.4 is 0 Å². The van der Waals surface area contributed by atoms with Gasteiger partial charge in [0.1, 0.15) is 65.6 Å². The largest absolute Gasteiger partial charge is 0.464 e. The van der Waals surface area contributed by atoms with Crippen LogP contribution in [0.25, 0.3) is 0 Å². The molecule has 0 atom stereocenters. The minimum Gasteiger partial charge on any atom is -0.464 e. The average molecular weight is 1150 g/mol. The number of esters is 6. The lowest BCUT2D eigenvalue weighted by Gasteiger charge is -2.37. The van der Waals surface area contributed by atoms with Crippen LogP contribution in [-0.4, -0.2) is 115 Å². The van der Waals surface area contributed by atoms with Crippen LogP contribution in [0.1, 0.15) is 83.1 Å². The first-order valence-electron chi connectivity index (χ1n) is 16.2. The van der Waals surface area contributed by atoms with E-state index in [1.54, 1.807) is 83.1 Å². The molecule has 0 saturated carbocycles. The maximum atomic E-state index is 12.9. The summed E-state index contributed by atoms with van der Waals surface area (Å²) in [6, 6.07) is 0. The molecule has 0 aromatic rings. The Morgan fingerprint density at radius 3 is 0.547 bits per heavy atom. The van der Waals surface area contributed by atoms with E-state index in [9.17, 15) is 28.8 Å². The van der Waals surface area contributed by atoms with E-state index >= 15 is 0 Å². The van der Waals surface area contributed by atoms with Gasteiger partial charge >= 0.3 is 35.8 Å². The topological polar surface area (TPSA) is 167 Å². The molecule has 0 bridgehead atoms. The summed E-state index contributed by atoms with van der Waals surface area (Å²) in [6.45, 7) is 15.4. The highest BCUT2D eigenvalue weighted by molar-refractivity contribution is 9.11. The van der Waals surface area contributed by atoms with Gasteiger partial charge in [-0.05, 0) is 83.1 Å². The molecule has 0 aliphatic carbocycles. The van der Waals surface area contributed by atoms with E-state index in [-0.39, 0.29) is 0 Å². The van der Waals surface area contributed by atoms with Crippen molar-refractivity contribution >= 4 is 131 Å². The van der Waals surface area contributed by atoms with E-state index in [2.05, 4.69) is 95.6 Å². The summed E-state index contributed by atoms with van der Waals surface area (Å²) >= 11 is 19.6. The summed E-state index contributed by atoms with van der Waals surface area (Å²) < 4.78 is 33.5. The zero-order valence-corrected chi connectivity index (χ0v) is 41.7. The van der Waals surface area contributed by atoms with E-state index in [4.69, 9.17) is 33.2 Å². The molecule has 0 N–H and O–H groups in total. The Morgan fingerprint density at radius 2 is 0.434 bits per heavy atom. The lowest BCUT2D eigenvalue weighted by atomic mass is 9.90. The Balaban J connectivity index is 7.13. The lowest BCUT2D eigenvalue weighted by molar-refractivity contribution is -0.177. The quantitative estimate of drug-likeness (QED) is 0.0604. The number of hydrogen-bond acceptors (Lipinski definition) is 13. The third kappa shape index (κ3) is 20.1. The standard InChI is InChI=1S/C34H52Br6O13/c1-27(2,35)21(41)48-15-33(16-49-22(42)28(3,4)36,17-50-23(43)29(5,6)37)13-47-14-34(18-51-24(44)30(7,8)38,19-52-25(45)31(9,10)39)20-53-26(46)32(11,12)40/h13-20H2,1-12H3. The predicted molar refractivity (Wildman–Crippen MR) is 219 cm³/mol. The highest BCUT2D eigenvalue weighted by Crippen LogP contribution is 2.31. The van der Waals surface area contributed by atoms with E-state index < -0.39 is 125 Å². The summed E-state index contributed by atoms with van der Waals surface area (Å²) in [5.74, 6) is -4.04. The minimum absolute atomic E-state index is 0.398. The van der Waals surface area contributed by atoms with Crippen LogP contribution >= 0.6 is 95.6 Å². The highest BCUT2D eigenvalue weighted by Gasteiger charge is 2.44. The predicted octanol–water partition coefficient (Wildman–Crippen LogP) is 7.28. The molecule has 0 unspecified atom stereocenters. The van der Waals surface area contributed by atoms with Crippen LogP contribution in [0.4, 0.5) is 0 Å². The van der Waals surface area contributed by atoms with Gasteiger partial charge in [-0.3, -0.25) is 28.8 Å². The SMILES string of the molecule is CC(C)(Br)C(=O)OCC(COCC(COC(=O)C(C)(C)Br)(COC(=O)C(C)(C)Br)COC(=O)C(C)(C)Br)(COC(=O)C(C)(C)Br)COC(=O)C(C)(C)Br. The summed E-state index contributed by atoms with van der Waals surface area (Å²) in [6.07, 6.45) is 0. The fraction of sp³-hybridized carbons (Fsp3) is 0.824. The van der Waals surface area contributed by atoms with Gasteiger partial charge in [0.05, 0.1) is 24.0 Å². The van der Waals surface area contributed by atoms with Crippen molar-refractivity contribution in [3.63, 3.8) is 0 Å². The second-order valence-corrected chi connectivity index (χ2v) is 27.7. The van der Waals surface area contributed by atoms with Crippen molar-refractivity contribution in [3.05, 3.63) is 0 Å². The van der Waals surface area contributed by atoms with Gasteiger partial charge in [0.15, 0.2) is 0 Å². The first kappa shape index (κ1) is 52.7. The van der Waals surface area contributed by atoms with Gasteiger partial charge in [0.2, 0.25) is 0 Å². The second-order valence-electron chi connectivity index (χ2n) is 15.8. The molecular formula is C34H52Br6O13. The molecule has 0 spiro atoms. The van der Waals surface area contributed by atoms with Gasteiger partial charge in [-0.25, -0.2) is 0 Å². The number of rotatable bonds is 22. The van der Waals surface area contributed by atoms with Crippen molar-refractivity contribution < 1.29 is 61.9 Å². The van der Waals surface area contributed by atoms with E-state index in [0.717, 1.165) is 0 Å². The summed E-state index contributed by atoms with van der Waals surface area (Å²) in [5, 5.41) is 0. The Labute approximate surface area is 363 Å². The Kier molecular flexibility index (Phi) is 20.2. The molecule has 53 heavy (non-hydrogen) atoms. The highest BCUT2D eigenvalue weighted by atomic mass is 79.9. The van der Waals surface area contributed by atoms with Crippen LogP contribution in [0.3, 0.4) is 0 Å². The zero-order valence-electron chi connectivity index (χ0n) is 32.2. The van der Waals surface area contributed by atoms with Gasteiger partial charge in [0, 0.05) is 0 Å². The normalized spacial score (nSPS) is 13.5. The first-order valence-corrected chi connectivity index (χ1v) is 21.0. The number of ether oxygens (including phenoxy) is 7. The van der Waals surface area contributed by atoms with Gasteiger partial charge in [-0.1, -0.05) is 95.6 Å². The smallest absolute Gasteiger partial charge is 0.322 e. The van der Waals surface area contributed by atoms with Crippen LogP contribution in [0, 0.1) is 10.8 Å². The lowest BCUT2D eigenvalue weighted by Crippen LogP contribution is -2.49. The monoisotopic (exact) mass is 1140 g/mol. The van der Waals surface area contributed by atoms with Gasteiger partial charge in [-0.15, -0.1) is 0 Å². The molecule has 0 heterocycles. The first-order chi connectivity index (χ1) is 23.5. The van der Waals surface area contributed by atoms with E-state index in [0.29, 0.717) is 0 Å². The number of alkyl halides is 6. The van der Waals surface area contributed by atoms with Gasteiger partial charge in [-0.2, -0.15) is 0 Å². The summed E-state index contributed by atoms with van der Waals surface area (Å²) in [5.41, 5.74) is -3.03. The van der Waals surface area contributed by atoms with Crippen LogP contribution in [0.15, 0.2) is 0 Å². The Morgan fingerprint density at radius 1 is 0.302 bits per heavy atom. The molecule has 0 aromatic heterocycles. The van der Waals surface area contributed by atoms with E-state index in [1.807, 2.05) is 0 Å². The maximum absolute atomic E-state index is 12.9.